The highest BCUT2D eigenvalue weighted by Gasteiger charge is 2.45. The van der Waals surface area contributed by atoms with Gasteiger partial charge in [-0.1, -0.05) is 79.9 Å². The van der Waals surface area contributed by atoms with Crippen molar-refractivity contribution < 1.29 is 17.9 Å². The van der Waals surface area contributed by atoms with E-state index in [1.807, 2.05) is 13.8 Å². The SMILES string of the molecule is CC[C@H](C)[C@H](NS(=O)(=O)c1ccccc1F)C(O)(c1ccc(Cl)cc1)c1ccc(Cl)cc1. The zero-order valence-electron chi connectivity index (χ0n) is 17.6. The fourth-order valence-electron chi connectivity index (χ4n) is 3.68. The molecule has 3 rings (SSSR count). The quantitative estimate of drug-likeness (QED) is 0.417. The van der Waals surface area contributed by atoms with Gasteiger partial charge in [-0.2, -0.15) is 0 Å². The van der Waals surface area contributed by atoms with E-state index in [9.17, 15) is 17.9 Å². The predicted molar refractivity (Wildman–Crippen MR) is 126 cm³/mol. The highest BCUT2D eigenvalue weighted by Crippen LogP contribution is 2.39. The molecule has 2 atom stereocenters. The Morgan fingerprint density at radius 2 is 1.41 bits per heavy atom. The molecule has 0 aliphatic rings. The third kappa shape index (κ3) is 5.00. The number of aliphatic hydroxyl groups is 1. The van der Waals surface area contributed by atoms with E-state index in [0.29, 0.717) is 27.6 Å². The third-order valence-corrected chi connectivity index (χ3v) is 7.62. The van der Waals surface area contributed by atoms with Gasteiger partial charge in [0, 0.05) is 10.0 Å². The summed E-state index contributed by atoms with van der Waals surface area (Å²) in [7, 11) is -4.30. The molecule has 3 aromatic carbocycles. The first-order valence-corrected chi connectivity index (χ1v) is 12.3. The van der Waals surface area contributed by atoms with E-state index in [2.05, 4.69) is 4.72 Å². The standard InChI is InChI=1S/C24H24Cl2FNO3S/c1-3-16(2)23(28-32(30,31)22-7-5-4-6-21(22)27)24(29,17-8-12-19(25)13-9-17)18-10-14-20(26)15-11-18/h4-16,23,28-29H,3H2,1-2H3/t16-,23-/m0/s1. The molecule has 32 heavy (non-hydrogen) atoms. The molecular formula is C24H24Cl2FNO3S. The van der Waals surface area contributed by atoms with Crippen molar-refractivity contribution in [3.05, 3.63) is 99.8 Å². The van der Waals surface area contributed by atoms with Crippen LogP contribution in [0.1, 0.15) is 31.4 Å². The lowest BCUT2D eigenvalue weighted by molar-refractivity contribution is 0.0247. The van der Waals surface area contributed by atoms with Gasteiger partial charge in [-0.3, -0.25) is 0 Å². The van der Waals surface area contributed by atoms with Crippen LogP contribution >= 0.6 is 23.2 Å². The fourth-order valence-corrected chi connectivity index (χ4v) is 5.37. The first kappa shape index (κ1) is 24.7. The summed E-state index contributed by atoms with van der Waals surface area (Å²) in [5, 5.41) is 13.1. The minimum absolute atomic E-state index is 0.326. The molecule has 0 saturated heterocycles. The Hall–Kier alpha value is -1.96. The van der Waals surface area contributed by atoms with Gasteiger partial charge in [0.05, 0.1) is 6.04 Å². The Morgan fingerprint density at radius 1 is 0.938 bits per heavy atom. The molecule has 0 amide bonds. The normalized spacial score (nSPS) is 14.2. The largest absolute Gasteiger partial charge is 0.379 e. The van der Waals surface area contributed by atoms with Gasteiger partial charge < -0.3 is 5.11 Å². The highest BCUT2D eigenvalue weighted by molar-refractivity contribution is 7.89. The summed E-state index contributed by atoms with van der Waals surface area (Å²) in [6.07, 6.45) is 0.550. The Morgan fingerprint density at radius 3 is 1.84 bits per heavy atom. The zero-order valence-corrected chi connectivity index (χ0v) is 19.9. The van der Waals surface area contributed by atoms with Crippen molar-refractivity contribution in [3.63, 3.8) is 0 Å². The molecule has 0 fully saturated rings. The Balaban J connectivity index is 2.20. The molecule has 2 N–H and O–H groups in total. The van der Waals surface area contributed by atoms with Crippen LogP contribution in [0.5, 0.6) is 0 Å². The van der Waals surface area contributed by atoms with E-state index < -0.39 is 32.4 Å². The Labute approximate surface area is 198 Å². The van der Waals surface area contributed by atoms with Gasteiger partial charge in [0.1, 0.15) is 16.3 Å². The summed E-state index contributed by atoms with van der Waals surface area (Å²) < 4.78 is 43.3. The molecular weight excluding hydrogens is 472 g/mol. The van der Waals surface area contributed by atoms with Crippen molar-refractivity contribution in [2.45, 2.75) is 36.8 Å². The average molecular weight is 496 g/mol. The molecule has 0 aliphatic heterocycles. The van der Waals surface area contributed by atoms with Crippen LogP contribution in [0, 0.1) is 11.7 Å². The molecule has 0 saturated carbocycles. The van der Waals surface area contributed by atoms with E-state index in [-0.39, 0.29) is 5.92 Å². The zero-order chi connectivity index (χ0) is 23.5. The first-order chi connectivity index (χ1) is 15.1. The van der Waals surface area contributed by atoms with Crippen LogP contribution in [0.4, 0.5) is 4.39 Å². The molecule has 0 radical (unpaired) electrons. The van der Waals surface area contributed by atoms with E-state index >= 15 is 0 Å². The average Bonchev–Trinajstić information content (AvgIpc) is 2.77. The van der Waals surface area contributed by atoms with Gasteiger partial charge >= 0.3 is 0 Å². The van der Waals surface area contributed by atoms with Crippen molar-refractivity contribution in [2.75, 3.05) is 0 Å². The first-order valence-electron chi connectivity index (χ1n) is 10.1. The van der Waals surface area contributed by atoms with Gasteiger partial charge in [0.2, 0.25) is 10.0 Å². The highest BCUT2D eigenvalue weighted by atomic mass is 35.5. The van der Waals surface area contributed by atoms with Crippen LogP contribution in [0.15, 0.2) is 77.7 Å². The van der Waals surface area contributed by atoms with Gasteiger partial charge in [-0.15, -0.1) is 0 Å². The van der Waals surface area contributed by atoms with Crippen molar-refractivity contribution in [3.8, 4) is 0 Å². The van der Waals surface area contributed by atoms with Gasteiger partial charge in [0.15, 0.2) is 0 Å². The molecule has 0 unspecified atom stereocenters. The summed E-state index contributed by atoms with van der Waals surface area (Å²) >= 11 is 12.1. The molecule has 4 nitrogen and oxygen atoms in total. The van der Waals surface area contributed by atoms with Crippen molar-refractivity contribution in [2.24, 2.45) is 5.92 Å². The number of halogens is 3. The van der Waals surface area contributed by atoms with Crippen LogP contribution < -0.4 is 4.72 Å². The van der Waals surface area contributed by atoms with Crippen molar-refractivity contribution in [1.29, 1.82) is 0 Å². The second kappa shape index (κ2) is 9.89. The lowest BCUT2D eigenvalue weighted by Gasteiger charge is -2.40. The third-order valence-electron chi connectivity index (χ3n) is 5.64. The van der Waals surface area contributed by atoms with Gasteiger partial charge in [0.25, 0.3) is 0 Å². The fraction of sp³-hybridized carbons (Fsp3) is 0.250. The second-order valence-corrected chi connectivity index (χ2v) is 10.3. The molecule has 0 aromatic heterocycles. The molecule has 3 aromatic rings. The number of rotatable bonds is 8. The van der Waals surface area contributed by atoms with E-state index in [0.717, 1.165) is 6.07 Å². The number of hydrogen-bond acceptors (Lipinski definition) is 3. The summed E-state index contributed by atoms with van der Waals surface area (Å²) in [6, 6.07) is 17.2. The van der Waals surface area contributed by atoms with Crippen LogP contribution in [0.25, 0.3) is 0 Å². The second-order valence-electron chi connectivity index (χ2n) is 7.70. The monoisotopic (exact) mass is 495 g/mol. The molecule has 0 heterocycles. The predicted octanol–water partition coefficient (Wildman–Crippen LogP) is 5.76. The van der Waals surface area contributed by atoms with E-state index in [1.165, 1.54) is 18.2 Å². The molecule has 0 bridgehead atoms. The maximum atomic E-state index is 14.3. The summed E-state index contributed by atoms with van der Waals surface area (Å²) in [5.74, 6) is -1.20. The smallest absolute Gasteiger partial charge is 0.243 e. The lowest BCUT2D eigenvalue weighted by Crippen LogP contribution is -2.54. The maximum Gasteiger partial charge on any atom is 0.243 e. The minimum Gasteiger partial charge on any atom is -0.379 e. The van der Waals surface area contributed by atoms with Crippen LogP contribution in [0.3, 0.4) is 0 Å². The summed E-state index contributed by atoms with van der Waals surface area (Å²) in [6.45, 7) is 3.71. The summed E-state index contributed by atoms with van der Waals surface area (Å²) in [4.78, 5) is -0.483. The van der Waals surface area contributed by atoms with Gasteiger partial charge in [-0.25, -0.2) is 17.5 Å². The number of benzene rings is 3. The van der Waals surface area contributed by atoms with Crippen LogP contribution in [-0.2, 0) is 15.6 Å². The van der Waals surface area contributed by atoms with E-state index in [4.69, 9.17) is 23.2 Å². The molecule has 0 aliphatic carbocycles. The van der Waals surface area contributed by atoms with Gasteiger partial charge in [-0.05, 0) is 53.4 Å². The van der Waals surface area contributed by atoms with Crippen molar-refractivity contribution in [1.82, 2.24) is 4.72 Å². The molecule has 170 valence electrons. The number of nitrogens with one attached hydrogen (secondary N) is 1. The maximum absolute atomic E-state index is 14.3. The molecule has 0 spiro atoms. The minimum atomic E-state index is -4.30. The van der Waals surface area contributed by atoms with Crippen LogP contribution in [-0.4, -0.2) is 19.6 Å². The topological polar surface area (TPSA) is 66.4 Å². The van der Waals surface area contributed by atoms with E-state index in [1.54, 1.807) is 48.5 Å². The lowest BCUT2D eigenvalue weighted by atomic mass is 9.75. The van der Waals surface area contributed by atoms with Crippen LogP contribution in [0.2, 0.25) is 10.0 Å². The van der Waals surface area contributed by atoms with Crippen molar-refractivity contribution >= 4 is 33.2 Å². The Bertz CT molecular complexity index is 1120. The Kier molecular flexibility index (Phi) is 7.63. The number of hydrogen-bond donors (Lipinski definition) is 2. The summed E-state index contributed by atoms with van der Waals surface area (Å²) in [5.41, 5.74) is -0.917. The number of sulfonamides is 1. The molecule has 8 heteroatoms.